The second kappa shape index (κ2) is 8.39. The Bertz CT molecular complexity index is 1190. The van der Waals surface area contributed by atoms with Crippen molar-refractivity contribution in [3.8, 4) is 11.4 Å². The van der Waals surface area contributed by atoms with Gasteiger partial charge < -0.3 is 9.30 Å². The molecular formula is C22H23N5O2S2. The van der Waals surface area contributed by atoms with Crippen LogP contribution in [0.1, 0.15) is 29.4 Å². The van der Waals surface area contributed by atoms with Crippen molar-refractivity contribution in [2.45, 2.75) is 27.7 Å². The van der Waals surface area contributed by atoms with Gasteiger partial charge in [-0.2, -0.15) is 10.0 Å². The molecule has 0 spiro atoms. The van der Waals surface area contributed by atoms with Crippen molar-refractivity contribution >= 4 is 50.9 Å². The van der Waals surface area contributed by atoms with Gasteiger partial charge in [-0.3, -0.25) is 10.2 Å². The molecule has 2 aromatic rings. The number of benzene rings is 1. The summed E-state index contributed by atoms with van der Waals surface area (Å²) in [7, 11) is 1.66. The van der Waals surface area contributed by atoms with E-state index in [4.69, 9.17) is 10.1 Å². The van der Waals surface area contributed by atoms with Crippen LogP contribution in [0.25, 0.3) is 11.8 Å². The molecule has 3 heterocycles. The van der Waals surface area contributed by atoms with Gasteiger partial charge in [-0.05, 0) is 73.7 Å². The number of rotatable bonds is 4. The highest BCUT2D eigenvalue weighted by Crippen LogP contribution is 2.34. The molecule has 0 unspecified atom stereocenters. The fraction of sp³-hybridized carbons (Fsp3) is 0.273. The number of thioether (sulfide) groups is 2. The average Bonchev–Trinajstić information content (AvgIpc) is 3.25. The van der Waals surface area contributed by atoms with Crippen LogP contribution in [0, 0.1) is 26.2 Å². The van der Waals surface area contributed by atoms with E-state index in [1.807, 2.05) is 45.9 Å². The zero-order chi connectivity index (χ0) is 22.3. The van der Waals surface area contributed by atoms with E-state index in [0.29, 0.717) is 5.17 Å². The number of nitrogens with one attached hydrogen (secondary N) is 1. The minimum absolute atomic E-state index is 0.0483. The number of fused-ring (bicyclic) bond motifs is 1. The van der Waals surface area contributed by atoms with Gasteiger partial charge in [0.05, 0.1) is 18.4 Å². The molecule has 9 heteroatoms. The van der Waals surface area contributed by atoms with Crippen LogP contribution < -0.4 is 4.74 Å². The molecule has 0 radical (unpaired) electrons. The number of aliphatic imine (C=N–C) groups is 1. The maximum absolute atomic E-state index is 12.7. The van der Waals surface area contributed by atoms with Gasteiger partial charge in [0.1, 0.15) is 5.75 Å². The first-order valence-corrected chi connectivity index (χ1v) is 11.6. The maximum atomic E-state index is 12.7. The molecule has 160 valence electrons. The molecule has 1 N–H and O–H groups in total. The molecule has 1 amide bonds. The van der Waals surface area contributed by atoms with Crippen LogP contribution >= 0.6 is 23.5 Å². The largest absolute Gasteiger partial charge is 0.495 e. The first kappa shape index (κ1) is 21.5. The van der Waals surface area contributed by atoms with Crippen LogP contribution in [0.5, 0.6) is 5.75 Å². The summed E-state index contributed by atoms with van der Waals surface area (Å²) in [5.74, 6) is 1.27. The smallest absolute Gasteiger partial charge is 0.283 e. The summed E-state index contributed by atoms with van der Waals surface area (Å²) in [6.45, 7) is 8.08. The minimum atomic E-state index is -0.417. The topological polar surface area (TPSA) is 83.0 Å². The van der Waals surface area contributed by atoms with Gasteiger partial charge in [0, 0.05) is 11.4 Å². The molecular weight excluding hydrogens is 430 g/mol. The van der Waals surface area contributed by atoms with Gasteiger partial charge >= 0.3 is 0 Å². The van der Waals surface area contributed by atoms with E-state index in [1.165, 1.54) is 16.8 Å². The highest BCUT2D eigenvalue weighted by atomic mass is 32.2. The molecule has 2 aliphatic heterocycles. The molecule has 4 rings (SSSR count). The van der Waals surface area contributed by atoms with Crippen LogP contribution in [-0.2, 0) is 4.79 Å². The van der Waals surface area contributed by atoms with Gasteiger partial charge in [0.2, 0.25) is 5.17 Å². The van der Waals surface area contributed by atoms with Crippen LogP contribution in [0.2, 0.25) is 0 Å². The third-order valence-electron chi connectivity index (χ3n) is 5.05. The highest BCUT2D eigenvalue weighted by molar-refractivity contribution is 8.45. The third kappa shape index (κ3) is 3.83. The van der Waals surface area contributed by atoms with Crippen LogP contribution in [0.3, 0.4) is 0 Å². The van der Waals surface area contributed by atoms with Crippen molar-refractivity contribution in [1.29, 1.82) is 5.41 Å². The van der Waals surface area contributed by atoms with Crippen molar-refractivity contribution in [1.82, 2.24) is 9.58 Å². The molecule has 0 saturated carbocycles. The number of amides is 1. The van der Waals surface area contributed by atoms with E-state index in [0.717, 1.165) is 44.1 Å². The lowest BCUT2D eigenvalue weighted by molar-refractivity contribution is -0.114. The maximum Gasteiger partial charge on any atom is 0.283 e. The summed E-state index contributed by atoms with van der Waals surface area (Å²) in [5.41, 5.74) is 5.10. The number of aromatic nitrogens is 1. The number of methoxy groups -OCH3 is 1. The molecule has 0 saturated heterocycles. The normalized spacial score (nSPS) is 17.2. The Kier molecular flexibility index (Phi) is 5.81. The Morgan fingerprint density at radius 2 is 2.03 bits per heavy atom. The summed E-state index contributed by atoms with van der Waals surface area (Å²) in [6, 6.07) is 8.04. The second-order valence-electron chi connectivity index (χ2n) is 7.16. The Labute approximate surface area is 189 Å². The van der Waals surface area contributed by atoms with E-state index < -0.39 is 5.91 Å². The predicted molar refractivity (Wildman–Crippen MR) is 130 cm³/mol. The second-order valence-corrected chi connectivity index (χ2v) is 9.62. The minimum Gasteiger partial charge on any atom is -0.495 e. The lowest BCUT2D eigenvalue weighted by Gasteiger charge is -2.20. The van der Waals surface area contributed by atoms with E-state index in [-0.39, 0.29) is 11.4 Å². The number of ether oxygens (including phenoxy) is 1. The van der Waals surface area contributed by atoms with Crippen molar-refractivity contribution in [2.75, 3.05) is 12.9 Å². The van der Waals surface area contributed by atoms with E-state index in [9.17, 15) is 4.79 Å². The van der Waals surface area contributed by atoms with Crippen molar-refractivity contribution in [3.63, 3.8) is 0 Å². The summed E-state index contributed by atoms with van der Waals surface area (Å²) in [6.07, 6.45) is 1.73. The SMILES string of the molecule is CCSC1=NN2C(=N)C(=Cc3cc(C)n(-c4cc(C)ccc4OC)c3C)C(=O)N=C2S1. The number of hydrogen-bond donors (Lipinski definition) is 1. The molecule has 0 fully saturated rings. The summed E-state index contributed by atoms with van der Waals surface area (Å²) < 4.78 is 8.46. The molecule has 0 bridgehead atoms. The molecule has 1 aromatic carbocycles. The third-order valence-corrected chi connectivity index (χ3v) is 6.97. The zero-order valence-corrected chi connectivity index (χ0v) is 19.6. The number of carbonyl (C=O) groups is 1. The van der Waals surface area contributed by atoms with E-state index in [1.54, 1.807) is 24.9 Å². The standard InChI is InChI=1S/C22H23N5O2S2/c1-6-30-22-25-27-19(23)16(20(28)24-21(27)31-22)11-15-10-13(3)26(14(15)4)17-9-12(2)7-8-18(17)29-5/h7-11,23H,6H2,1-5H3. The van der Waals surface area contributed by atoms with Crippen molar-refractivity contribution < 1.29 is 9.53 Å². The number of amidine groups is 2. The summed E-state index contributed by atoms with van der Waals surface area (Å²) >= 11 is 2.90. The Morgan fingerprint density at radius 3 is 2.74 bits per heavy atom. The lowest BCUT2D eigenvalue weighted by atomic mass is 10.1. The molecule has 2 aliphatic rings. The van der Waals surface area contributed by atoms with Crippen LogP contribution in [-0.4, -0.2) is 43.7 Å². The Hall–Kier alpha value is -2.78. The quantitative estimate of drug-likeness (QED) is 0.676. The molecule has 0 atom stereocenters. The molecule has 1 aromatic heterocycles. The van der Waals surface area contributed by atoms with Gasteiger partial charge in [0.25, 0.3) is 5.91 Å². The number of nitrogens with zero attached hydrogens (tertiary/aromatic N) is 4. The van der Waals surface area contributed by atoms with Gasteiger partial charge in [-0.15, -0.1) is 5.10 Å². The summed E-state index contributed by atoms with van der Waals surface area (Å²) in [4.78, 5) is 16.9. The molecule has 0 aliphatic carbocycles. The first-order valence-electron chi connectivity index (χ1n) is 9.81. The Morgan fingerprint density at radius 1 is 1.26 bits per heavy atom. The Balaban J connectivity index is 1.76. The fourth-order valence-corrected chi connectivity index (χ4v) is 5.42. The number of carbonyl (C=O) groups excluding carboxylic acids is 1. The van der Waals surface area contributed by atoms with Crippen molar-refractivity contribution in [3.05, 3.63) is 52.4 Å². The average molecular weight is 454 g/mol. The van der Waals surface area contributed by atoms with Gasteiger partial charge in [0.15, 0.2) is 10.2 Å². The van der Waals surface area contributed by atoms with Crippen LogP contribution in [0.15, 0.2) is 39.9 Å². The zero-order valence-electron chi connectivity index (χ0n) is 18.0. The lowest BCUT2D eigenvalue weighted by Crippen LogP contribution is -2.35. The molecule has 31 heavy (non-hydrogen) atoms. The number of hydrogen-bond acceptors (Lipinski definition) is 6. The molecule has 7 nitrogen and oxygen atoms in total. The van der Waals surface area contributed by atoms with Crippen LogP contribution in [0.4, 0.5) is 0 Å². The summed E-state index contributed by atoms with van der Waals surface area (Å²) in [5, 5.41) is 14.9. The van der Waals surface area contributed by atoms with Gasteiger partial charge in [-0.25, -0.2) is 0 Å². The first-order chi connectivity index (χ1) is 14.8. The van der Waals surface area contributed by atoms with Gasteiger partial charge in [-0.1, -0.05) is 24.8 Å². The fourth-order valence-electron chi connectivity index (χ4n) is 3.59. The highest BCUT2D eigenvalue weighted by Gasteiger charge is 2.35. The van der Waals surface area contributed by atoms with E-state index >= 15 is 0 Å². The predicted octanol–water partition coefficient (Wildman–Crippen LogP) is 4.74. The number of hydrazone groups is 1. The van der Waals surface area contributed by atoms with E-state index in [2.05, 4.69) is 20.7 Å². The van der Waals surface area contributed by atoms with Crippen molar-refractivity contribution in [2.24, 2.45) is 10.1 Å². The number of aryl methyl sites for hydroxylation is 2. The monoisotopic (exact) mass is 453 g/mol.